The van der Waals surface area contributed by atoms with E-state index in [1.807, 2.05) is 0 Å². The van der Waals surface area contributed by atoms with E-state index in [0.29, 0.717) is 18.2 Å². The van der Waals surface area contributed by atoms with Crippen molar-refractivity contribution in [3.05, 3.63) is 12.2 Å². The van der Waals surface area contributed by atoms with Crippen LogP contribution in [0.3, 0.4) is 0 Å². The third-order valence-corrected chi connectivity index (χ3v) is 5.73. The summed E-state index contributed by atoms with van der Waals surface area (Å²) in [5.41, 5.74) is 0. The van der Waals surface area contributed by atoms with Crippen molar-refractivity contribution in [2.24, 2.45) is 5.92 Å². The van der Waals surface area contributed by atoms with Gasteiger partial charge in [-0.1, -0.05) is 12.2 Å². The number of aliphatic hydroxyl groups excluding tert-OH is 1. The van der Waals surface area contributed by atoms with Gasteiger partial charge in [0, 0.05) is 19.1 Å². The molecule has 1 aliphatic carbocycles. The summed E-state index contributed by atoms with van der Waals surface area (Å²) in [7, 11) is -2.84. The second kappa shape index (κ2) is 6.17. The van der Waals surface area contributed by atoms with Crippen LogP contribution >= 0.6 is 0 Å². The minimum absolute atomic E-state index is 0.110. The van der Waals surface area contributed by atoms with Crippen LogP contribution in [0.2, 0.25) is 0 Å². The summed E-state index contributed by atoms with van der Waals surface area (Å²) in [5.74, 6) is 1.20. The summed E-state index contributed by atoms with van der Waals surface area (Å²) in [6.45, 7) is 1.63. The lowest BCUT2D eigenvalue weighted by molar-refractivity contribution is 0.136. The fourth-order valence-electron chi connectivity index (χ4n) is 2.97. The van der Waals surface area contributed by atoms with Crippen molar-refractivity contribution in [1.29, 1.82) is 0 Å². The van der Waals surface area contributed by atoms with Crippen molar-refractivity contribution in [3.63, 3.8) is 0 Å². The first-order chi connectivity index (χ1) is 8.61. The highest BCUT2D eigenvalue weighted by Gasteiger charge is 2.32. The fraction of sp³-hybridized carbons (Fsp3) is 0.846. The Morgan fingerprint density at radius 1 is 1.28 bits per heavy atom. The van der Waals surface area contributed by atoms with E-state index >= 15 is 0 Å². The average Bonchev–Trinajstić information content (AvgIpc) is 2.70. The Hall–Kier alpha value is -0.390. The van der Waals surface area contributed by atoms with E-state index in [1.54, 1.807) is 0 Å². The van der Waals surface area contributed by atoms with Gasteiger partial charge < -0.3 is 5.11 Å². The summed E-state index contributed by atoms with van der Waals surface area (Å²) < 4.78 is 23.1. The summed E-state index contributed by atoms with van der Waals surface area (Å²) in [6.07, 6.45) is 8.55. The van der Waals surface area contributed by atoms with Gasteiger partial charge in [-0.3, -0.25) is 4.90 Å². The van der Waals surface area contributed by atoms with E-state index < -0.39 is 9.84 Å². The Labute approximate surface area is 110 Å². The first-order valence-electron chi connectivity index (χ1n) is 6.81. The summed E-state index contributed by atoms with van der Waals surface area (Å²) >= 11 is 0. The smallest absolute Gasteiger partial charge is 0.151 e. The number of sulfone groups is 1. The molecule has 1 aliphatic heterocycles. The Morgan fingerprint density at radius 3 is 2.67 bits per heavy atom. The van der Waals surface area contributed by atoms with Gasteiger partial charge in [-0.15, -0.1) is 0 Å². The van der Waals surface area contributed by atoms with Crippen molar-refractivity contribution in [2.45, 2.75) is 31.7 Å². The lowest BCUT2D eigenvalue weighted by Crippen LogP contribution is -2.41. The van der Waals surface area contributed by atoms with Crippen LogP contribution in [0.4, 0.5) is 0 Å². The van der Waals surface area contributed by atoms with E-state index in [1.165, 1.54) is 6.42 Å². The summed E-state index contributed by atoms with van der Waals surface area (Å²) in [6, 6.07) is 0.119. The molecule has 2 rings (SSSR count). The van der Waals surface area contributed by atoms with Crippen LogP contribution in [0.1, 0.15) is 25.7 Å². The Kier molecular flexibility index (Phi) is 4.81. The molecule has 104 valence electrons. The van der Waals surface area contributed by atoms with Crippen LogP contribution in [0, 0.1) is 5.92 Å². The molecule has 0 radical (unpaired) electrons. The van der Waals surface area contributed by atoms with Crippen LogP contribution in [-0.4, -0.2) is 55.7 Å². The van der Waals surface area contributed by atoms with Gasteiger partial charge in [-0.2, -0.15) is 0 Å². The van der Waals surface area contributed by atoms with Crippen LogP contribution in [0.5, 0.6) is 0 Å². The highest BCUT2D eigenvalue weighted by atomic mass is 32.2. The molecule has 0 bridgehead atoms. The van der Waals surface area contributed by atoms with Crippen molar-refractivity contribution >= 4 is 9.84 Å². The molecule has 1 saturated heterocycles. The first kappa shape index (κ1) is 14.0. The second-order valence-electron chi connectivity index (χ2n) is 5.43. The van der Waals surface area contributed by atoms with Gasteiger partial charge in [-0.05, 0) is 31.6 Å². The number of nitrogens with zero attached hydrogens (tertiary/aromatic N) is 1. The Morgan fingerprint density at radius 2 is 2.11 bits per heavy atom. The molecule has 0 aromatic rings. The third kappa shape index (κ3) is 3.80. The van der Waals surface area contributed by atoms with E-state index in [9.17, 15) is 8.42 Å². The number of allylic oxidation sites excluding steroid dienone is 2. The molecule has 1 heterocycles. The lowest BCUT2D eigenvalue weighted by atomic mass is 9.93. The quantitative estimate of drug-likeness (QED) is 0.754. The van der Waals surface area contributed by atoms with Crippen molar-refractivity contribution in [2.75, 3.05) is 31.2 Å². The van der Waals surface area contributed by atoms with Crippen LogP contribution in [-0.2, 0) is 9.84 Å². The third-order valence-electron chi connectivity index (χ3n) is 3.98. The van der Waals surface area contributed by atoms with Gasteiger partial charge in [-0.25, -0.2) is 8.42 Å². The predicted octanol–water partition coefficient (Wildman–Crippen LogP) is 0.824. The van der Waals surface area contributed by atoms with Crippen molar-refractivity contribution in [3.8, 4) is 0 Å². The van der Waals surface area contributed by atoms with Crippen molar-refractivity contribution in [1.82, 2.24) is 4.90 Å². The normalized spacial score (nSPS) is 31.0. The molecule has 4 nitrogen and oxygen atoms in total. The maximum atomic E-state index is 11.5. The SMILES string of the molecule is O=S1(=O)CCC(N(CCO)CC2CC=CCC2)C1. The molecular weight excluding hydrogens is 250 g/mol. The van der Waals surface area contributed by atoms with Gasteiger partial charge in [0.15, 0.2) is 9.84 Å². The summed E-state index contributed by atoms with van der Waals surface area (Å²) in [4.78, 5) is 2.19. The Bertz CT molecular complexity index is 391. The molecule has 0 aromatic carbocycles. The molecule has 1 fully saturated rings. The van der Waals surface area contributed by atoms with Crippen LogP contribution in [0.25, 0.3) is 0 Å². The van der Waals surface area contributed by atoms with Gasteiger partial charge in [0.1, 0.15) is 0 Å². The van der Waals surface area contributed by atoms with Gasteiger partial charge in [0.25, 0.3) is 0 Å². The highest BCUT2D eigenvalue weighted by molar-refractivity contribution is 7.91. The standard InChI is InChI=1S/C13H23NO3S/c15-8-7-14(10-12-4-2-1-3-5-12)13-6-9-18(16,17)11-13/h1-2,12-13,15H,3-11H2. The summed E-state index contributed by atoms with van der Waals surface area (Å²) in [5, 5.41) is 9.15. The van der Waals surface area contributed by atoms with E-state index in [4.69, 9.17) is 5.11 Å². The van der Waals surface area contributed by atoms with Crippen LogP contribution < -0.4 is 0 Å². The number of hydrogen-bond acceptors (Lipinski definition) is 4. The van der Waals surface area contributed by atoms with Gasteiger partial charge in [0.2, 0.25) is 0 Å². The average molecular weight is 273 g/mol. The van der Waals surface area contributed by atoms with E-state index in [0.717, 1.165) is 25.8 Å². The minimum Gasteiger partial charge on any atom is -0.395 e. The van der Waals surface area contributed by atoms with Gasteiger partial charge in [0.05, 0.1) is 18.1 Å². The maximum Gasteiger partial charge on any atom is 0.151 e. The fourth-order valence-corrected chi connectivity index (χ4v) is 4.73. The zero-order valence-corrected chi connectivity index (χ0v) is 11.6. The van der Waals surface area contributed by atoms with E-state index in [-0.39, 0.29) is 18.4 Å². The molecule has 2 unspecified atom stereocenters. The number of hydrogen-bond donors (Lipinski definition) is 1. The molecule has 0 amide bonds. The van der Waals surface area contributed by atoms with Gasteiger partial charge >= 0.3 is 0 Å². The molecule has 5 heteroatoms. The molecule has 18 heavy (non-hydrogen) atoms. The van der Waals surface area contributed by atoms with Crippen LogP contribution in [0.15, 0.2) is 12.2 Å². The van der Waals surface area contributed by atoms with E-state index in [2.05, 4.69) is 17.1 Å². The molecule has 1 N–H and O–H groups in total. The molecular formula is C13H23NO3S. The monoisotopic (exact) mass is 273 g/mol. The zero-order valence-electron chi connectivity index (χ0n) is 10.8. The van der Waals surface area contributed by atoms with Crippen molar-refractivity contribution < 1.29 is 13.5 Å². The molecule has 0 aromatic heterocycles. The topological polar surface area (TPSA) is 57.6 Å². The predicted molar refractivity (Wildman–Crippen MR) is 72.2 cm³/mol. The largest absolute Gasteiger partial charge is 0.395 e. The molecule has 0 saturated carbocycles. The first-order valence-corrected chi connectivity index (χ1v) is 8.63. The molecule has 0 spiro atoms. The Balaban J connectivity index is 1.93. The minimum atomic E-state index is -2.84. The zero-order chi connectivity index (χ0) is 13.0. The molecule has 2 aliphatic rings. The molecule has 2 atom stereocenters. The maximum absolute atomic E-state index is 11.5. The number of rotatable bonds is 5. The lowest BCUT2D eigenvalue weighted by Gasteiger charge is -2.31. The highest BCUT2D eigenvalue weighted by Crippen LogP contribution is 2.23. The number of aliphatic hydroxyl groups is 1. The second-order valence-corrected chi connectivity index (χ2v) is 7.65.